The topological polar surface area (TPSA) is 42.1 Å². The van der Waals surface area contributed by atoms with E-state index in [1.807, 2.05) is 42.6 Å². The first-order valence-corrected chi connectivity index (χ1v) is 8.47. The molecule has 0 aliphatic heterocycles. The summed E-state index contributed by atoms with van der Waals surface area (Å²) < 4.78 is 0. The summed E-state index contributed by atoms with van der Waals surface area (Å²) in [6.45, 7) is 9.89. The zero-order chi connectivity index (χ0) is 16.9. The number of nitrogens with zero attached hydrogens (tertiary/aromatic N) is 2. The molecule has 1 heterocycles. The molecule has 0 aliphatic rings. The lowest BCUT2D eigenvalue weighted by molar-refractivity contribution is 0.161. The van der Waals surface area contributed by atoms with Gasteiger partial charge in [-0.2, -0.15) is 0 Å². The average molecular weight is 311 g/mol. The largest absolute Gasteiger partial charge is 0.316 e. The van der Waals surface area contributed by atoms with Gasteiger partial charge < -0.3 is 5.73 Å². The minimum absolute atomic E-state index is 0.499. The Bertz CT molecular complexity index is 531. The smallest absolute Gasteiger partial charge is 0.0851 e. The van der Waals surface area contributed by atoms with Gasteiger partial charge in [0, 0.05) is 24.8 Å². The fourth-order valence-electron chi connectivity index (χ4n) is 3.20. The second kappa shape index (κ2) is 7.71. The van der Waals surface area contributed by atoms with E-state index in [0.717, 1.165) is 24.2 Å². The molecular weight excluding hydrogens is 282 g/mol. The molecule has 0 radical (unpaired) electrons. The van der Waals surface area contributed by atoms with E-state index < -0.39 is 5.54 Å². The standard InChI is InChI=1S/C20H29N3/c1-16(2)23(17(3)4)15-13-20(21,18-10-6-5-7-11-18)19-12-8-9-14-22-19/h5-12,14,16-17H,13,15,21H2,1-4H3/t20-/m1/s1. The van der Waals surface area contributed by atoms with Crippen LogP contribution in [0.15, 0.2) is 54.7 Å². The van der Waals surface area contributed by atoms with E-state index in [9.17, 15) is 0 Å². The highest BCUT2D eigenvalue weighted by Crippen LogP contribution is 2.29. The Balaban J connectivity index is 2.32. The normalized spacial score (nSPS) is 14.4. The van der Waals surface area contributed by atoms with Crippen LogP contribution in [-0.4, -0.2) is 28.5 Å². The predicted octanol–water partition coefficient (Wildman–Crippen LogP) is 3.79. The highest BCUT2D eigenvalue weighted by molar-refractivity contribution is 5.34. The maximum Gasteiger partial charge on any atom is 0.0851 e. The van der Waals surface area contributed by atoms with Gasteiger partial charge in [-0.1, -0.05) is 36.4 Å². The first kappa shape index (κ1) is 17.6. The maximum atomic E-state index is 6.90. The summed E-state index contributed by atoms with van der Waals surface area (Å²) in [6.07, 6.45) is 2.66. The Morgan fingerprint density at radius 3 is 2.09 bits per heavy atom. The van der Waals surface area contributed by atoms with Gasteiger partial charge >= 0.3 is 0 Å². The van der Waals surface area contributed by atoms with Gasteiger partial charge in [-0.3, -0.25) is 9.88 Å². The number of hydrogen-bond acceptors (Lipinski definition) is 3. The summed E-state index contributed by atoms with van der Waals surface area (Å²) in [5, 5.41) is 0. The molecule has 0 aliphatic carbocycles. The van der Waals surface area contributed by atoms with Crippen molar-refractivity contribution in [3.63, 3.8) is 0 Å². The molecule has 0 fully saturated rings. The van der Waals surface area contributed by atoms with Crippen molar-refractivity contribution in [1.82, 2.24) is 9.88 Å². The van der Waals surface area contributed by atoms with Crippen LogP contribution in [0.25, 0.3) is 0 Å². The number of hydrogen-bond donors (Lipinski definition) is 1. The fraction of sp³-hybridized carbons (Fsp3) is 0.450. The predicted molar refractivity (Wildman–Crippen MR) is 97.2 cm³/mol. The summed E-state index contributed by atoms with van der Waals surface area (Å²) in [4.78, 5) is 7.03. The lowest BCUT2D eigenvalue weighted by Crippen LogP contribution is -2.45. The summed E-state index contributed by atoms with van der Waals surface area (Å²) in [6, 6.07) is 17.3. The van der Waals surface area contributed by atoms with E-state index in [4.69, 9.17) is 5.73 Å². The quantitative estimate of drug-likeness (QED) is 0.846. The van der Waals surface area contributed by atoms with Gasteiger partial charge in [0.25, 0.3) is 0 Å². The maximum absolute atomic E-state index is 6.90. The van der Waals surface area contributed by atoms with Crippen LogP contribution in [0.2, 0.25) is 0 Å². The van der Waals surface area contributed by atoms with Gasteiger partial charge in [0.2, 0.25) is 0 Å². The second-order valence-electron chi connectivity index (χ2n) is 6.73. The van der Waals surface area contributed by atoms with Crippen LogP contribution in [-0.2, 0) is 5.54 Å². The molecule has 3 nitrogen and oxygen atoms in total. The molecule has 0 saturated carbocycles. The molecule has 2 aromatic rings. The molecule has 0 saturated heterocycles. The van der Waals surface area contributed by atoms with Crippen LogP contribution in [0.5, 0.6) is 0 Å². The summed E-state index contributed by atoms with van der Waals surface area (Å²) in [5.74, 6) is 0. The summed E-state index contributed by atoms with van der Waals surface area (Å²) in [5.41, 5.74) is 8.38. The van der Waals surface area contributed by atoms with Gasteiger partial charge in [0.1, 0.15) is 0 Å². The van der Waals surface area contributed by atoms with E-state index >= 15 is 0 Å². The molecule has 1 atom stereocenters. The molecule has 1 aromatic heterocycles. The van der Waals surface area contributed by atoms with Crippen molar-refractivity contribution in [2.45, 2.75) is 51.7 Å². The Kier molecular flexibility index (Phi) is 5.91. The molecule has 1 aromatic carbocycles. The van der Waals surface area contributed by atoms with Crippen molar-refractivity contribution in [1.29, 1.82) is 0 Å². The lowest BCUT2D eigenvalue weighted by atomic mass is 9.83. The molecule has 0 unspecified atom stereocenters. The van der Waals surface area contributed by atoms with E-state index in [1.165, 1.54) is 0 Å². The average Bonchev–Trinajstić information content (AvgIpc) is 2.55. The molecule has 2 rings (SSSR count). The summed E-state index contributed by atoms with van der Waals surface area (Å²) >= 11 is 0. The third-order valence-electron chi connectivity index (χ3n) is 4.50. The van der Waals surface area contributed by atoms with Gasteiger partial charge in [0.05, 0.1) is 11.2 Å². The molecule has 0 spiro atoms. The third kappa shape index (κ3) is 4.18. The van der Waals surface area contributed by atoms with E-state index in [0.29, 0.717) is 12.1 Å². The van der Waals surface area contributed by atoms with Crippen LogP contribution >= 0.6 is 0 Å². The number of benzene rings is 1. The minimum atomic E-state index is -0.565. The molecular formula is C20H29N3. The monoisotopic (exact) mass is 311 g/mol. The van der Waals surface area contributed by atoms with Crippen LogP contribution in [0.4, 0.5) is 0 Å². The molecule has 3 heteroatoms. The van der Waals surface area contributed by atoms with Crippen molar-refractivity contribution in [2.24, 2.45) is 5.73 Å². The van der Waals surface area contributed by atoms with E-state index in [2.05, 4.69) is 49.7 Å². The fourth-order valence-corrected chi connectivity index (χ4v) is 3.20. The Morgan fingerprint density at radius 1 is 0.957 bits per heavy atom. The van der Waals surface area contributed by atoms with Crippen LogP contribution in [0, 0.1) is 0 Å². The first-order valence-electron chi connectivity index (χ1n) is 8.47. The minimum Gasteiger partial charge on any atom is -0.316 e. The highest BCUT2D eigenvalue weighted by atomic mass is 15.2. The Labute approximate surface area is 140 Å². The van der Waals surface area contributed by atoms with Gasteiger partial charge in [0.15, 0.2) is 0 Å². The van der Waals surface area contributed by atoms with Crippen LogP contribution in [0.3, 0.4) is 0 Å². The molecule has 23 heavy (non-hydrogen) atoms. The molecule has 0 amide bonds. The van der Waals surface area contributed by atoms with Crippen LogP contribution in [0.1, 0.15) is 45.4 Å². The van der Waals surface area contributed by atoms with Crippen molar-refractivity contribution in [2.75, 3.05) is 6.54 Å². The lowest BCUT2D eigenvalue weighted by Gasteiger charge is -2.36. The third-order valence-corrected chi connectivity index (χ3v) is 4.50. The van der Waals surface area contributed by atoms with Crippen molar-refractivity contribution in [3.05, 3.63) is 66.0 Å². The first-order chi connectivity index (χ1) is 10.9. The Hall–Kier alpha value is -1.71. The van der Waals surface area contributed by atoms with Crippen LogP contribution < -0.4 is 5.73 Å². The zero-order valence-electron chi connectivity index (χ0n) is 14.7. The Morgan fingerprint density at radius 2 is 1.57 bits per heavy atom. The van der Waals surface area contributed by atoms with Gasteiger partial charge in [-0.05, 0) is 51.8 Å². The van der Waals surface area contributed by atoms with Gasteiger partial charge in [-0.25, -0.2) is 0 Å². The molecule has 124 valence electrons. The van der Waals surface area contributed by atoms with Crippen molar-refractivity contribution >= 4 is 0 Å². The van der Waals surface area contributed by atoms with Gasteiger partial charge in [-0.15, -0.1) is 0 Å². The van der Waals surface area contributed by atoms with E-state index in [-0.39, 0.29) is 0 Å². The number of nitrogens with two attached hydrogens (primary N) is 1. The van der Waals surface area contributed by atoms with Crippen molar-refractivity contribution in [3.8, 4) is 0 Å². The number of pyridine rings is 1. The second-order valence-corrected chi connectivity index (χ2v) is 6.73. The molecule has 2 N–H and O–H groups in total. The SMILES string of the molecule is CC(C)N(CC[C@@](N)(c1ccccc1)c1ccccn1)C(C)C. The highest BCUT2D eigenvalue weighted by Gasteiger charge is 2.32. The number of rotatable bonds is 7. The zero-order valence-corrected chi connectivity index (χ0v) is 14.7. The van der Waals surface area contributed by atoms with E-state index in [1.54, 1.807) is 0 Å². The molecule has 0 bridgehead atoms. The van der Waals surface area contributed by atoms with Crippen molar-refractivity contribution < 1.29 is 0 Å². The number of aromatic nitrogens is 1. The summed E-state index contributed by atoms with van der Waals surface area (Å²) in [7, 11) is 0.